The number of H-pyrrole nitrogens is 1. The van der Waals surface area contributed by atoms with Crippen molar-refractivity contribution in [2.24, 2.45) is 0 Å². The second-order valence-corrected chi connectivity index (χ2v) is 4.49. The van der Waals surface area contributed by atoms with Crippen molar-refractivity contribution < 1.29 is 9.53 Å². The van der Waals surface area contributed by atoms with Crippen LogP contribution in [0.5, 0.6) is 5.75 Å². The number of carbonyl (C=O) groups is 1. The van der Waals surface area contributed by atoms with Gasteiger partial charge in [0, 0.05) is 11.8 Å². The fourth-order valence-electron chi connectivity index (χ4n) is 1.83. The molecular formula is C14H17N3O2. The van der Waals surface area contributed by atoms with E-state index in [1.807, 2.05) is 39.0 Å². The highest BCUT2D eigenvalue weighted by atomic mass is 16.5. The third-order valence-electron chi connectivity index (χ3n) is 2.73. The Hall–Kier alpha value is -2.30. The van der Waals surface area contributed by atoms with Gasteiger partial charge in [-0.15, -0.1) is 0 Å². The topological polar surface area (TPSA) is 67.0 Å². The summed E-state index contributed by atoms with van der Waals surface area (Å²) in [6.07, 6.45) is 0. The molecule has 2 aromatic rings. The van der Waals surface area contributed by atoms with Crippen LogP contribution in [0.25, 0.3) is 0 Å². The first-order valence-corrected chi connectivity index (χ1v) is 6.07. The van der Waals surface area contributed by atoms with E-state index in [4.69, 9.17) is 4.74 Å². The van der Waals surface area contributed by atoms with Crippen LogP contribution in [0.2, 0.25) is 0 Å². The van der Waals surface area contributed by atoms with Gasteiger partial charge in [-0.1, -0.05) is 18.2 Å². The number of rotatable bonds is 4. The van der Waals surface area contributed by atoms with Gasteiger partial charge in [0.2, 0.25) is 0 Å². The maximum absolute atomic E-state index is 11.7. The molecular weight excluding hydrogens is 242 g/mol. The molecule has 0 aliphatic heterocycles. The van der Waals surface area contributed by atoms with E-state index in [-0.39, 0.29) is 12.5 Å². The van der Waals surface area contributed by atoms with Gasteiger partial charge in [0.1, 0.15) is 5.75 Å². The van der Waals surface area contributed by atoms with Gasteiger partial charge in [-0.3, -0.25) is 9.89 Å². The van der Waals surface area contributed by atoms with Crippen LogP contribution in [0, 0.1) is 20.8 Å². The smallest absolute Gasteiger partial charge is 0.263 e. The van der Waals surface area contributed by atoms with Crippen molar-refractivity contribution in [3.8, 4) is 5.75 Å². The molecule has 0 fully saturated rings. The van der Waals surface area contributed by atoms with E-state index in [0.717, 1.165) is 22.6 Å². The lowest BCUT2D eigenvalue weighted by Gasteiger charge is -2.11. The summed E-state index contributed by atoms with van der Waals surface area (Å²) in [6.45, 7) is 5.75. The zero-order valence-corrected chi connectivity index (χ0v) is 11.3. The average molecular weight is 259 g/mol. The lowest BCUT2D eigenvalue weighted by atomic mass is 10.1. The number of aromatic amines is 1. The van der Waals surface area contributed by atoms with E-state index >= 15 is 0 Å². The Morgan fingerprint density at radius 2 is 2.00 bits per heavy atom. The Bertz CT molecular complexity index is 570. The maximum Gasteiger partial charge on any atom is 0.263 e. The molecule has 0 aliphatic carbocycles. The number of carbonyl (C=O) groups excluding carboxylic acids is 1. The van der Waals surface area contributed by atoms with Crippen LogP contribution in [-0.2, 0) is 4.79 Å². The highest BCUT2D eigenvalue weighted by Gasteiger charge is 2.08. The molecule has 5 nitrogen and oxygen atoms in total. The van der Waals surface area contributed by atoms with Gasteiger partial charge in [0.25, 0.3) is 5.91 Å². The zero-order valence-electron chi connectivity index (χ0n) is 11.3. The molecule has 2 N–H and O–H groups in total. The van der Waals surface area contributed by atoms with Gasteiger partial charge < -0.3 is 10.1 Å². The van der Waals surface area contributed by atoms with Gasteiger partial charge >= 0.3 is 0 Å². The number of para-hydroxylation sites is 1. The van der Waals surface area contributed by atoms with Crippen LogP contribution in [-0.4, -0.2) is 22.7 Å². The van der Waals surface area contributed by atoms with Crippen LogP contribution < -0.4 is 10.1 Å². The molecule has 1 amide bonds. The van der Waals surface area contributed by atoms with Crippen molar-refractivity contribution in [1.29, 1.82) is 0 Å². The summed E-state index contributed by atoms with van der Waals surface area (Å²) in [4.78, 5) is 11.7. The fourth-order valence-corrected chi connectivity index (χ4v) is 1.83. The number of ether oxygens (including phenoxy) is 1. The van der Waals surface area contributed by atoms with Gasteiger partial charge in [0.05, 0.1) is 0 Å². The molecule has 100 valence electrons. The third kappa shape index (κ3) is 3.34. The lowest BCUT2D eigenvalue weighted by molar-refractivity contribution is -0.118. The molecule has 0 saturated heterocycles. The van der Waals surface area contributed by atoms with Crippen LogP contribution in [0.4, 0.5) is 5.82 Å². The molecule has 0 saturated carbocycles. The number of nitrogens with zero attached hydrogens (tertiary/aromatic N) is 1. The summed E-state index contributed by atoms with van der Waals surface area (Å²) < 4.78 is 5.56. The molecule has 0 spiro atoms. The Balaban J connectivity index is 1.93. The fraction of sp³-hybridized carbons (Fsp3) is 0.286. The molecule has 5 heteroatoms. The SMILES string of the molecule is Cc1cc(NC(=O)COc2c(C)cccc2C)n[nH]1. The number of nitrogens with one attached hydrogen (secondary N) is 2. The number of amides is 1. The molecule has 2 rings (SSSR count). The van der Waals surface area contributed by atoms with Crippen molar-refractivity contribution in [3.63, 3.8) is 0 Å². The van der Waals surface area contributed by atoms with Crippen LogP contribution in [0.3, 0.4) is 0 Å². The number of benzene rings is 1. The van der Waals surface area contributed by atoms with Crippen molar-refractivity contribution >= 4 is 11.7 Å². The summed E-state index contributed by atoms with van der Waals surface area (Å²) in [7, 11) is 0. The highest BCUT2D eigenvalue weighted by Crippen LogP contribution is 2.22. The van der Waals surface area contributed by atoms with Crippen LogP contribution in [0.15, 0.2) is 24.3 Å². The molecule has 1 aromatic heterocycles. The molecule has 0 aliphatic rings. The Morgan fingerprint density at radius 3 is 2.58 bits per heavy atom. The summed E-state index contributed by atoms with van der Waals surface area (Å²) >= 11 is 0. The molecule has 0 unspecified atom stereocenters. The van der Waals surface area contributed by atoms with Crippen LogP contribution in [0.1, 0.15) is 16.8 Å². The summed E-state index contributed by atoms with van der Waals surface area (Å²) in [5, 5.41) is 9.36. The van der Waals surface area contributed by atoms with Crippen molar-refractivity contribution in [1.82, 2.24) is 10.2 Å². The van der Waals surface area contributed by atoms with Gasteiger partial charge in [0.15, 0.2) is 12.4 Å². The molecule has 1 heterocycles. The molecule has 0 atom stereocenters. The molecule has 19 heavy (non-hydrogen) atoms. The third-order valence-corrected chi connectivity index (χ3v) is 2.73. The number of hydrogen-bond donors (Lipinski definition) is 2. The normalized spacial score (nSPS) is 10.3. The van der Waals surface area contributed by atoms with Crippen molar-refractivity contribution in [2.75, 3.05) is 11.9 Å². The van der Waals surface area contributed by atoms with E-state index in [1.165, 1.54) is 0 Å². The predicted octanol–water partition coefficient (Wildman–Crippen LogP) is 2.35. The Morgan fingerprint density at radius 1 is 1.32 bits per heavy atom. The van der Waals surface area contributed by atoms with Gasteiger partial charge in [-0.05, 0) is 31.9 Å². The Kier molecular flexibility index (Phi) is 3.85. The zero-order chi connectivity index (χ0) is 13.8. The van der Waals surface area contributed by atoms with E-state index in [1.54, 1.807) is 6.07 Å². The minimum atomic E-state index is -0.228. The minimum Gasteiger partial charge on any atom is -0.483 e. The maximum atomic E-state index is 11.7. The van der Waals surface area contributed by atoms with E-state index in [2.05, 4.69) is 15.5 Å². The highest BCUT2D eigenvalue weighted by molar-refractivity contribution is 5.91. The van der Waals surface area contributed by atoms with Crippen molar-refractivity contribution in [3.05, 3.63) is 41.1 Å². The second-order valence-electron chi connectivity index (χ2n) is 4.49. The van der Waals surface area contributed by atoms with E-state index < -0.39 is 0 Å². The number of hydrogen-bond acceptors (Lipinski definition) is 3. The lowest BCUT2D eigenvalue weighted by Crippen LogP contribution is -2.20. The van der Waals surface area contributed by atoms with Crippen LogP contribution >= 0.6 is 0 Å². The quantitative estimate of drug-likeness (QED) is 0.885. The molecule has 0 bridgehead atoms. The summed E-state index contributed by atoms with van der Waals surface area (Å²) in [6, 6.07) is 7.63. The molecule has 1 aromatic carbocycles. The predicted molar refractivity (Wildman–Crippen MR) is 73.4 cm³/mol. The van der Waals surface area contributed by atoms with E-state index in [9.17, 15) is 4.79 Å². The van der Waals surface area contributed by atoms with Crippen molar-refractivity contribution in [2.45, 2.75) is 20.8 Å². The summed E-state index contributed by atoms with van der Waals surface area (Å²) in [5.74, 6) is 1.04. The average Bonchev–Trinajstić information content (AvgIpc) is 2.74. The number of aryl methyl sites for hydroxylation is 3. The monoisotopic (exact) mass is 259 g/mol. The second kappa shape index (κ2) is 5.56. The first-order valence-electron chi connectivity index (χ1n) is 6.07. The first-order chi connectivity index (χ1) is 9.06. The van der Waals surface area contributed by atoms with Gasteiger partial charge in [-0.2, -0.15) is 5.10 Å². The van der Waals surface area contributed by atoms with Gasteiger partial charge in [-0.25, -0.2) is 0 Å². The first kappa shape index (κ1) is 13.1. The Labute approximate surface area is 112 Å². The minimum absolute atomic E-state index is 0.0302. The number of aromatic nitrogens is 2. The number of anilines is 1. The molecule has 0 radical (unpaired) electrons. The standard InChI is InChI=1S/C14H17N3O2/c1-9-5-4-6-10(2)14(9)19-8-13(18)15-12-7-11(3)16-17-12/h4-7H,8H2,1-3H3,(H2,15,16,17,18). The largest absolute Gasteiger partial charge is 0.483 e. The summed E-state index contributed by atoms with van der Waals surface area (Å²) in [5.41, 5.74) is 2.93. The van der Waals surface area contributed by atoms with E-state index in [0.29, 0.717) is 5.82 Å².